The Kier molecular flexibility index (Phi) is 7.48. The molecule has 0 bridgehead atoms. The van der Waals surface area contributed by atoms with Crippen LogP contribution in [0.4, 0.5) is 0 Å². The highest BCUT2D eigenvalue weighted by molar-refractivity contribution is 5.82. The summed E-state index contributed by atoms with van der Waals surface area (Å²) in [7, 11) is 3.55. The molecule has 3 N–H and O–H groups in total. The summed E-state index contributed by atoms with van der Waals surface area (Å²) in [5, 5.41) is 15.3. The smallest absolute Gasteiger partial charge is 0.320 e. The van der Waals surface area contributed by atoms with Crippen LogP contribution in [-0.2, 0) is 4.79 Å². The minimum atomic E-state index is -0.754. The van der Waals surface area contributed by atoms with Gasteiger partial charge in [0.05, 0.1) is 5.84 Å². The molecule has 0 amide bonds. The van der Waals surface area contributed by atoms with E-state index in [2.05, 4.69) is 15.6 Å². The second-order valence-corrected chi connectivity index (χ2v) is 5.22. The van der Waals surface area contributed by atoms with Crippen molar-refractivity contribution >= 4 is 11.8 Å². The van der Waals surface area contributed by atoms with Gasteiger partial charge in [0.25, 0.3) is 0 Å². The number of hydrogen-bond acceptors (Lipinski definition) is 3. The Morgan fingerprint density at radius 1 is 1.53 bits per heavy atom. The van der Waals surface area contributed by atoms with Gasteiger partial charge < -0.3 is 15.7 Å². The fourth-order valence-electron chi connectivity index (χ4n) is 2.59. The molecule has 0 spiro atoms. The third-order valence-corrected chi connectivity index (χ3v) is 3.80. The molecule has 0 saturated carbocycles. The van der Waals surface area contributed by atoms with E-state index in [0.29, 0.717) is 12.5 Å². The van der Waals surface area contributed by atoms with Crippen LogP contribution in [0.1, 0.15) is 51.4 Å². The van der Waals surface area contributed by atoms with Crippen LogP contribution in [-0.4, -0.2) is 43.1 Å². The Morgan fingerprint density at radius 2 is 2.32 bits per heavy atom. The first kappa shape index (κ1) is 16.0. The Hall–Kier alpha value is -1.10. The molecule has 1 heterocycles. The van der Waals surface area contributed by atoms with Crippen LogP contribution in [0, 0.1) is 0 Å². The van der Waals surface area contributed by atoms with Crippen LogP contribution in [0.3, 0.4) is 0 Å². The number of nitrogens with one attached hydrogen (secondary N) is 2. The van der Waals surface area contributed by atoms with Gasteiger partial charge >= 0.3 is 5.97 Å². The molecule has 0 aromatic carbocycles. The molecule has 0 aromatic heterocycles. The highest BCUT2D eigenvalue weighted by Crippen LogP contribution is 2.15. The van der Waals surface area contributed by atoms with Crippen LogP contribution < -0.4 is 10.6 Å². The topological polar surface area (TPSA) is 73.7 Å². The van der Waals surface area contributed by atoms with E-state index in [0.717, 1.165) is 31.5 Å². The number of amidine groups is 1. The van der Waals surface area contributed by atoms with E-state index in [9.17, 15) is 4.79 Å². The van der Waals surface area contributed by atoms with E-state index in [1.165, 1.54) is 19.3 Å². The summed E-state index contributed by atoms with van der Waals surface area (Å²) < 4.78 is 0. The monoisotopic (exact) mass is 269 g/mol. The number of rotatable bonds is 7. The number of carboxylic acids is 1. The Bertz CT molecular complexity index is 305. The summed E-state index contributed by atoms with van der Waals surface area (Å²) in [5.74, 6) is 0.372. The van der Waals surface area contributed by atoms with Gasteiger partial charge in [-0.05, 0) is 32.7 Å². The van der Waals surface area contributed by atoms with Crippen LogP contribution in [0.2, 0.25) is 0 Å². The van der Waals surface area contributed by atoms with Gasteiger partial charge in [-0.15, -0.1) is 0 Å². The van der Waals surface area contributed by atoms with Crippen LogP contribution in [0.15, 0.2) is 4.99 Å². The number of hydrogen-bond donors (Lipinski definition) is 3. The van der Waals surface area contributed by atoms with Gasteiger partial charge in [-0.2, -0.15) is 0 Å². The van der Waals surface area contributed by atoms with Crippen molar-refractivity contribution in [2.75, 3.05) is 14.1 Å². The number of unbranched alkanes of at least 4 members (excludes halogenated alkanes) is 1. The molecular weight excluding hydrogens is 242 g/mol. The largest absolute Gasteiger partial charge is 0.480 e. The Morgan fingerprint density at radius 3 is 2.95 bits per heavy atom. The summed E-state index contributed by atoms with van der Waals surface area (Å²) in [4.78, 5) is 15.1. The molecule has 5 nitrogen and oxygen atoms in total. The van der Waals surface area contributed by atoms with Crippen molar-refractivity contribution in [3.63, 3.8) is 0 Å². The third-order valence-electron chi connectivity index (χ3n) is 3.80. The van der Waals surface area contributed by atoms with E-state index < -0.39 is 12.0 Å². The molecule has 19 heavy (non-hydrogen) atoms. The molecule has 0 unspecified atom stereocenters. The van der Waals surface area contributed by atoms with Crippen molar-refractivity contribution in [3.05, 3.63) is 0 Å². The summed E-state index contributed by atoms with van der Waals surface area (Å²) in [6.07, 6.45) is 8.57. The predicted molar refractivity (Wildman–Crippen MR) is 77.7 cm³/mol. The lowest BCUT2D eigenvalue weighted by Crippen LogP contribution is -2.34. The summed E-state index contributed by atoms with van der Waals surface area (Å²) in [6.45, 7) is 0. The number of nitrogens with zero attached hydrogens (tertiary/aromatic N) is 1. The SMILES string of the molecule is CN=C1CCCC[C@H](CCCC[C@H](NC)C(=O)O)N1. The van der Waals surface area contributed by atoms with Crippen molar-refractivity contribution in [3.8, 4) is 0 Å². The molecule has 1 fully saturated rings. The quantitative estimate of drug-likeness (QED) is 0.616. The lowest BCUT2D eigenvalue weighted by atomic mass is 10.0. The fourth-order valence-corrected chi connectivity index (χ4v) is 2.59. The average molecular weight is 269 g/mol. The first-order chi connectivity index (χ1) is 9.17. The molecule has 0 aliphatic carbocycles. The molecule has 1 rings (SSSR count). The second-order valence-electron chi connectivity index (χ2n) is 5.22. The molecule has 2 atom stereocenters. The predicted octanol–water partition coefficient (Wildman–Crippen LogP) is 1.78. The Labute approximate surface area is 115 Å². The third kappa shape index (κ3) is 6.05. The molecule has 5 heteroatoms. The highest BCUT2D eigenvalue weighted by atomic mass is 16.4. The maximum atomic E-state index is 10.9. The van der Waals surface area contributed by atoms with Crippen molar-refractivity contribution in [2.24, 2.45) is 4.99 Å². The molecule has 1 aliphatic heterocycles. The van der Waals surface area contributed by atoms with Crippen molar-refractivity contribution in [1.82, 2.24) is 10.6 Å². The zero-order valence-corrected chi connectivity index (χ0v) is 12.1. The van der Waals surface area contributed by atoms with Gasteiger partial charge in [0.1, 0.15) is 6.04 Å². The summed E-state index contributed by atoms with van der Waals surface area (Å²) in [5.41, 5.74) is 0. The van der Waals surface area contributed by atoms with Gasteiger partial charge in [-0.3, -0.25) is 9.79 Å². The maximum Gasteiger partial charge on any atom is 0.320 e. The molecule has 0 radical (unpaired) electrons. The first-order valence-electron chi connectivity index (χ1n) is 7.29. The van der Waals surface area contributed by atoms with Crippen LogP contribution in [0.5, 0.6) is 0 Å². The normalized spacial score (nSPS) is 23.7. The minimum absolute atomic E-state index is 0.408. The van der Waals surface area contributed by atoms with Crippen LogP contribution >= 0.6 is 0 Å². The summed E-state index contributed by atoms with van der Waals surface area (Å²) >= 11 is 0. The maximum absolute atomic E-state index is 10.9. The lowest BCUT2D eigenvalue weighted by molar-refractivity contribution is -0.139. The Balaban J connectivity index is 2.22. The lowest BCUT2D eigenvalue weighted by Gasteiger charge is -2.18. The second kappa shape index (κ2) is 8.91. The zero-order valence-electron chi connectivity index (χ0n) is 12.1. The van der Waals surface area contributed by atoms with E-state index in [1.54, 1.807) is 7.05 Å². The summed E-state index contributed by atoms with van der Waals surface area (Å²) in [6, 6.07) is 0.105. The van der Waals surface area contributed by atoms with E-state index in [-0.39, 0.29) is 0 Å². The van der Waals surface area contributed by atoms with E-state index >= 15 is 0 Å². The van der Waals surface area contributed by atoms with Crippen molar-refractivity contribution < 1.29 is 9.90 Å². The van der Waals surface area contributed by atoms with Gasteiger partial charge in [0.15, 0.2) is 0 Å². The highest BCUT2D eigenvalue weighted by Gasteiger charge is 2.16. The van der Waals surface area contributed by atoms with E-state index in [1.807, 2.05) is 7.05 Å². The number of aliphatic imine (C=N–C) groups is 1. The fraction of sp³-hybridized carbons (Fsp3) is 0.857. The number of carbonyl (C=O) groups is 1. The molecule has 1 aliphatic rings. The number of aliphatic carboxylic acids is 1. The number of carboxylic acid groups (broad SMARTS) is 1. The zero-order chi connectivity index (χ0) is 14.1. The van der Waals surface area contributed by atoms with Crippen molar-refractivity contribution in [1.29, 1.82) is 0 Å². The van der Waals surface area contributed by atoms with E-state index in [4.69, 9.17) is 5.11 Å². The van der Waals surface area contributed by atoms with Gasteiger partial charge in [-0.25, -0.2) is 0 Å². The molecular formula is C14H27N3O2. The van der Waals surface area contributed by atoms with Crippen molar-refractivity contribution in [2.45, 2.75) is 63.5 Å². The number of likely N-dealkylation sites (N-methyl/N-ethyl adjacent to an activating group) is 1. The molecule has 110 valence electrons. The van der Waals surface area contributed by atoms with Gasteiger partial charge in [0.2, 0.25) is 0 Å². The first-order valence-corrected chi connectivity index (χ1v) is 7.29. The minimum Gasteiger partial charge on any atom is -0.480 e. The molecule has 0 aromatic rings. The average Bonchev–Trinajstić information content (AvgIpc) is 2.63. The van der Waals surface area contributed by atoms with Gasteiger partial charge in [0, 0.05) is 19.5 Å². The standard InChI is InChI=1S/C14H27N3O2/c1-15-12(14(18)19)9-5-3-7-11-8-4-6-10-13(16-2)17-11/h11-12,15H,3-10H2,1-2H3,(H,16,17)(H,18,19)/t11-,12-/m0/s1. The van der Waals surface area contributed by atoms with Gasteiger partial charge in [-0.1, -0.05) is 19.3 Å². The molecule has 1 saturated heterocycles. The van der Waals surface area contributed by atoms with Crippen LogP contribution in [0.25, 0.3) is 0 Å².